The summed E-state index contributed by atoms with van der Waals surface area (Å²) in [6.07, 6.45) is 3.04. The van der Waals surface area contributed by atoms with Crippen molar-refractivity contribution < 1.29 is 4.74 Å². The van der Waals surface area contributed by atoms with Crippen LogP contribution >= 0.6 is 0 Å². The van der Waals surface area contributed by atoms with Gasteiger partial charge in [0.05, 0.1) is 6.10 Å². The van der Waals surface area contributed by atoms with Crippen LogP contribution in [0.5, 0.6) is 0 Å². The number of benzene rings is 1. The molecule has 0 heterocycles. The van der Waals surface area contributed by atoms with Gasteiger partial charge in [0.1, 0.15) is 0 Å². The minimum atomic E-state index is 0.378. The third-order valence-electron chi connectivity index (χ3n) is 3.32. The zero-order valence-corrected chi connectivity index (χ0v) is 10.1. The minimum Gasteiger partial charge on any atom is -0.380 e. The smallest absolute Gasteiger partial charge is 0.0749 e. The van der Waals surface area contributed by atoms with E-state index in [4.69, 9.17) is 4.74 Å². The van der Waals surface area contributed by atoms with Gasteiger partial charge in [-0.15, -0.1) is 0 Å². The summed E-state index contributed by atoms with van der Waals surface area (Å²) in [5.74, 6) is 0.781. The molecule has 1 aromatic rings. The zero-order chi connectivity index (χ0) is 11.4. The molecule has 2 heteroatoms. The lowest BCUT2D eigenvalue weighted by Gasteiger charge is -2.23. The van der Waals surface area contributed by atoms with Gasteiger partial charge in [0, 0.05) is 19.7 Å². The quantitative estimate of drug-likeness (QED) is 0.794. The molecule has 0 aliphatic heterocycles. The lowest BCUT2D eigenvalue weighted by Crippen LogP contribution is -2.39. The first-order valence-electron chi connectivity index (χ1n) is 6.11. The van der Waals surface area contributed by atoms with Crippen LogP contribution in [0.15, 0.2) is 30.3 Å². The van der Waals surface area contributed by atoms with Gasteiger partial charge in [-0.1, -0.05) is 30.3 Å². The van der Waals surface area contributed by atoms with Gasteiger partial charge in [0.25, 0.3) is 0 Å². The summed E-state index contributed by atoms with van der Waals surface area (Å²) in [5, 5.41) is 3.55. The van der Waals surface area contributed by atoms with Crippen LogP contribution in [-0.2, 0) is 11.3 Å². The maximum absolute atomic E-state index is 5.56. The van der Waals surface area contributed by atoms with Crippen molar-refractivity contribution in [1.82, 2.24) is 5.32 Å². The highest BCUT2D eigenvalue weighted by atomic mass is 16.5. The molecule has 1 N–H and O–H groups in total. The Kier molecular flexibility index (Phi) is 3.97. The minimum absolute atomic E-state index is 0.378. The molecule has 1 saturated carbocycles. The van der Waals surface area contributed by atoms with Crippen LogP contribution in [0.1, 0.15) is 25.3 Å². The first kappa shape index (κ1) is 11.6. The van der Waals surface area contributed by atoms with Crippen molar-refractivity contribution in [2.24, 2.45) is 5.92 Å². The predicted octanol–water partition coefficient (Wildman–Crippen LogP) is 2.59. The number of hydrogen-bond donors (Lipinski definition) is 1. The lowest BCUT2D eigenvalue weighted by molar-refractivity contribution is 0.0559. The summed E-state index contributed by atoms with van der Waals surface area (Å²) in [7, 11) is 1.82. The van der Waals surface area contributed by atoms with Gasteiger partial charge in [-0.25, -0.2) is 0 Å². The monoisotopic (exact) mass is 219 g/mol. The van der Waals surface area contributed by atoms with E-state index in [2.05, 4.69) is 42.6 Å². The van der Waals surface area contributed by atoms with Crippen LogP contribution in [0.3, 0.4) is 0 Å². The molecule has 2 atom stereocenters. The summed E-state index contributed by atoms with van der Waals surface area (Å²) in [4.78, 5) is 0. The maximum Gasteiger partial charge on any atom is 0.0749 e. The number of nitrogens with one attached hydrogen (secondary N) is 1. The summed E-state index contributed by atoms with van der Waals surface area (Å²) < 4.78 is 5.56. The number of ether oxygens (including phenoxy) is 1. The molecule has 1 aromatic carbocycles. The first-order chi connectivity index (χ1) is 7.81. The Balaban J connectivity index is 1.80. The van der Waals surface area contributed by atoms with Gasteiger partial charge in [-0.05, 0) is 31.2 Å². The fraction of sp³-hybridized carbons (Fsp3) is 0.571. The van der Waals surface area contributed by atoms with Crippen molar-refractivity contribution in [2.75, 3.05) is 7.11 Å². The normalized spacial score (nSPS) is 19.4. The van der Waals surface area contributed by atoms with Crippen molar-refractivity contribution >= 4 is 0 Å². The fourth-order valence-corrected chi connectivity index (χ4v) is 2.22. The van der Waals surface area contributed by atoms with Gasteiger partial charge in [0.15, 0.2) is 0 Å². The van der Waals surface area contributed by atoms with Crippen LogP contribution in [-0.4, -0.2) is 19.3 Å². The van der Waals surface area contributed by atoms with Gasteiger partial charge < -0.3 is 10.1 Å². The average molecular weight is 219 g/mol. The lowest BCUT2D eigenvalue weighted by atomic mass is 10.1. The molecular formula is C14H21NO. The summed E-state index contributed by atoms with van der Waals surface area (Å²) in [6, 6.07) is 10.9. The van der Waals surface area contributed by atoms with Crippen molar-refractivity contribution in [1.29, 1.82) is 0 Å². The van der Waals surface area contributed by atoms with Crippen LogP contribution in [0.2, 0.25) is 0 Å². The third-order valence-corrected chi connectivity index (χ3v) is 3.32. The number of rotatable bonds is 6. The second-order valence-corrected chi connectivity index (χ2v) is 4.69. The van der Waals surface area contributed by atoms with E-state index < -0.39 is 0 Å². The van der Waals surface area contributed by atoms with E-state index >= 15 is 0 Å². The predicted molar refractivity (Wildman–Crippen MR) is 66.3 cm³/mol. The zero-order valence-electron chi connectivity index (χ0n) is 10.1. The Bertz CT molecular complexity index is 308. The van der Waals surface area contributed by atoms with Gasteiger partial charge in [-0.3, -0.25) is 0 Å². The van der Waals surface area contributed by atoms with E-state index in [-0.39, 0.29) is 0 Å². The fourth-order valence-electron chi connectivity index (χ4n) is 2.22. The Morgan fingerprint density at radius 3 is 2.56 bits per heavy atom. The molecule has 16 heavy (non-hydrogen) atoms. The molecule has 0 radical (unpaired) electrons. The summed E-state index contributed by atoms with van der Waals surface area (Å²) in [6.45, 7) is 3.14. The number of methoxy groups -OCH3 is 1. The molecule has 88 valence electrons. The molecule has 1 aliphatic rings. The highest BCUT2D eigenvalue weighted by molar-refractivity contribution is 5.14. The highest BCUT2D eigenvalue weighted by Crippen LogP contribution is 2.35. The van der Waals surface area contributed by atoms with Crippen molar-refractivity contribution in [2.45, 2.75) is 38.5 Å². The van der Waals surface area contributed by atoms with Gasteiger partial charge >= 0.3 is 0 Å². The van der Waals surface area contributed by atoms with E-state index in [9.17, 15) is 0 Å². The Hall–Kier alpha value is -0.860. The molecule has 0 spiro atoms. The van der Waals surface area contributed by atoms with E-state index in [0.717, 1.165) is 12.5 Å². The molecule has 2 unspecified atom stereocenters. The molecule has 0 saturated heterocycles. The largest absolute Gasteiger partial charge is 0.380 e. The average Bonchev–Trinajstić information content (AvgIpc) is 3.13. The van der Waals surface area contributed by atoms with Crippen molar-refractivity contribution in [3.8, 4) is 0 Å². The van der Waals surface area contributed by atoms with Crippen molar-refractivity contribution in [3.63, 3.8) is 0 Å². The summed E-state index contributed by atoms with van der Waals surface area (Å²) in [5.41, 5.74) is 1.33. The molecule has 0 bridgehead atoms. The van der Waals surface area contributed by atoms with E-state index in [1.54, 1.807) is 0 Å². The topological polar surface area (TPSA) is 21.3 Å². The first-order valence-corrected chi connectivity index (χ1v) is 6.11. The second kappa shape index (κ2) is 5.46. The van der Waals surface area contributed by atoms with E-state index in [1.807, 2.05) is 7.11 Å². The Morgan fingerprint density at radius 2 is 2.00 bits per heavy atom. The molecule has 1 fully saturated rings. The van der Waals surface area contributed by atoms with Crippen molar-refractivity contribution in [3.05, 3.63) is 35.9 Å². The molecule has 1 aliphatic carbocycles. The van der Waals surface area contributed by atoms with E-state index in [0.29, 0.717) is 12.1 Å². The SMILES string of the molecule is COC(C1CC1)C(C)NCc1ccccc1. The molecular weight excluding hydrogens is 198 g/mol. The summed E-state index contributed by atoms with van der Waals surface area (Å²) >= 11 is 0. The molecule has 0 amide bonds. The molecule has 0 aromatic heterocycles. The van der Waals surface area contributed by atoms with Crippen LogP contribution in [0, 0.1) is 5.92 Å². The van der Waals surface area contributed by atoms with Crippen LogP contribution in [0.25, 0.3) is 0 Å². The van der Waals surface area contributed by atoms with E-state index in [1.165, 1.54) is 18.4 Å². The third kappa shape index (κ3) is 3.06. The van der Waals surface area contributed by atoms with Gasteiger partial charge in [-0.2, -0.15) is 0 Å². The van der Waals surface area contributed by atoms with Gasteiger partial charge in [0.2, 0.25) is 0 Å². The second-order valence-electron chi connectivity index (χ2n) is 4.69. The standard InChI is InChI=1S/C14H21NO/c1-11(14(16-2)13-8-9-13)15-10-12-6-4-3-5-7-12/h3-7,11,13-15H,8-10H2,1-2H3. The Morgan fingerprint density at radius 1 is 1.31 bits per heavy atom. The molecule has 2 rings (SSSR count). The Labute approximate surface area is 98.0 Å². The van der Waals surface area contributed by atoms with Crippen LogP contribution < -0.4 is 5.32 Å². The maximum atomic E-state index is 5.56. The van der Waals surface area contributed by atoms with Crippen LogP contribution in [0.4, 0.5) is 0 Å². The highest BCUT2D eigenvalue weighted by Gasteiger charge is 2.34. The number of hydrogen-bond acceptors (Lipinski definition) is 2. The molecule has 2 nitrogen and oxygen atoms in total.